The lowest BCUT2D eigenvalue weighted by Gasteiger charge is -2.52. The number of halogens is 3. The van der Waals surface area contributed by atoms with Crippen LogP contribution in [0.5, 0.6) is 11.5 Å². The van der Waals surface area contributed by atoms with Gasteiger partial charge in [-0.3, -0.25) is 0 Å². The van der Waals surface area contributed by atoms with Crippen molar-refractivity contribution >= 4 is 9.84 Å². The number of hydrogen-bond acceptors (Lipinski definition) is 6. The number of phenolic OH excluding ortho intramolecular Hbond substituents is 1. The van der Waals surface area contributed by atoms with Gasteiger partial charge in [-0.05, 0) is 61.6 Å². The fraction of sp³-hybridized carbons (Fsp3) is 0.379. The Bertz CT molecular complexity index is 1460. The summed E-state index contributed by atoms with van der Waals surface area (Å²) >= 11 is 0. The van der Waals surface area contributed by atoms with Crippen LogP contribution in [-0.2, 0) is 20.1 Å². The summed E-state index contributed by atoms with van der Waals surface area (Å²) in [5, 5.41) is 13.6. The summed E-state index contributed by atoms with van der Waals surface area (Å²) in [5.74, 6) is -1.36. The number of fused-ring (bicyclic) bond motifs is 3. The van der Waals surface area contributed by atoms with Crippen molar-refractivity contribution in [3.63, 3.8) is 0 Å². The molecule has 206 valence electrons. The van der Waals surface area contributed by atoms with Gasteiger partial charge in [-0.1, -0.05) is 48.5 Å². The zero-order valence-corrected chi connectivity index (χ0v) is 21.7. The number of phenols is 1. The summed E-state index contributed by atoms with van der Waals surface area (Å²) in [7, 11) is -3.89. The molecule has 6 rings (SSSR count). The zero-order valence-electron chi connectivity index (χ0n) is 20.9. The molecule has 6 nitrogen and oxygen atoms in total. The number of piperidine rings is 1. The molecule has 10 heteroatoms. The van der Waals surface area contributed by atoms with Crippen LogP contribution >= 0.6 is 0 Å². The summed E-state index contributed by atoms with van der Waals surface area (Å²) < 4.78 is 78.1. The molecular formula is C29H28F3NO5S. The molecule has 2 N–H and O–H groups in total. The lowest BCUT2D eigenvalue weighted by atomic mass is 9.66. The van der Waals surface area contributed by atoms with E-state index in [9.17, 15) is 26.7 Å². The maximum atomic E-state index is 14.2. The first kappa shape index (κ1) is 26.2. The van der Waals surface area contributed by atoms with E-state index in [1.807, 2.05) is 30.3 Å². The second-order valence-corrected chi connectivity index (χ2v) is 12.7. The van der Waals surface area contributed by atoms with E-state index in [4.69, 9.17) is 4.74 Å². The van der Waals surface area contributed by atoms with Crippen LogP contribution in [0.25, 0.3) is 0 Å². The molecule has 2 bridgehead atoms. The minimum Gasteiger partial charge on any atom is -0.508 e. The van der Waals surface area contributed by atoms with Crippen LogP contribution in [0.2, 0.25) is 0 Å². The fourth-order valence-corrected chi connectivity index (χ4v) is 9.00. The average molecular weight is 560 g/mol. The van der Waals surface area contributed by atoms with Crippen LogP contribution in [0.4, 0.5) is 13.2 Å². The third kappa shape index (κ3) is 4.29. The lowest BCUT2D eigenvalue weighted by Crippen LogP contribution is -2.63. The van der Waals surface area contributed by atoms with Crippen LogP contribution in [-0.4, -0.2) is 43.4 Å². The van der Waals surface area contributed by atoms with Gasteiger partial charge >= 0.3 is 6.36 Å². The van der Waals surface area contributed by atoms with Gasteiger partial charge in [-0.2, -0.15) is 0 Å². The first-order valence-electron chi connectivity index (χ1n) is 12.9. The highest BCUT2D eigenvalue weighted by Gasteiger charge is 2.68. The second-order valence-electron chi connectivity index (χ2n) is 10.6. The van der Waals surface area contributed by atoms with Gasteiger partial charge < -0.3 is 19.9 Å². The van der Waals surface area contributed by atoms with Gasteiger partial charge in [-0.15, -0.1) is 13.2 Å². The Morgan fingerprint density at radius 2 is 1.67 bits per heavy atom. The Hall–Kier alpha value is -3.08. The fourth-order valence-electron chi connectivity index (χ4n) is 7.00. The number of aromatic hydroxyl groups is 1. The Kier molecular flexibility index (Phi) is 6.20. The second kappa shape index (κ2) is 9.25. The van der Waals surface area contributed by atoms with Crippen LogP contribution in [0, 0.1) is 0 Å². The molecule has 3 aromatic rings. The molecule has 3 aliphatic rings. The normalized spacial score (nSPS) is 30.5. The molecule has 3 aromatic carbocycles. The summed E-state index contributed by atoms with van der Waals surface area (Å²) in [6.07, 6.45) is -2.98. The van der Waals surface area contributed by atoms with E-state index in [1.54, 1.807) is 30.3 Å². The SMILES string of the molecule is O=S(=O)(c1ccccc1)[C@@H]1C[C@]2(c3ccccc3)N[C@H]1C(c1cc(OC(F)(F)F)ccc1O)C[C@]21CCCO1. The average Bonchev–Trinajstić information content (AvgIpc) is 3.53. The van der Waals surface area contributed by atoms with Gasteiger partial charge in [-0.25, -0.2) is 8.42 Å². The first-order valence-corrected chi connectivity index (χ1v) is 14.4. The molecule has 0 aliphatic carbocycles. The molecular weight excluding hydrogens is 531 g/mol. The van der Waals surface area contributed by atoms with Gasteiger partial charge in [0, 0.05) is 24.1 Å². The lowest BCUT2D eigenvalue weighted by molar-refractivity contribution is -0.274. The van der Waals surface area contributed by atoms with Crippen molar-refractivity contribution in [3.05, 3.63) is 90.0 Å². The van der Waals surface area contributed by atoms with Gasteiger partial charge in [0.05, 0.1) is 21.3 Å². The van der Waals surface area contributed by atoms with E-state index in [0.717, 1.165) is 30.2 Å². The van der Waals surface area contributed by atoms with Gasteiger partial charge in [0.25, 0.3) is 0 Å². The van der Waals surface area contributed by atoms with Crippen molar-refractivity contribution in [2.75, 3.05) is 6.61 Å². The smallest absolute Gasteiger partial charge is 0.508 e. The topological polar surface area (TPSA) is 84.9 Å². The van der Waals surface area contributed by atoms with Crippen molar-refractivity contribution in [2.24, 2.45) is 0 Å². The Morgan fingerprint density at radius 3 is 2.31 bits per heavy atom. The van der Waals surface area contributed by atoms with Crippen molar-refractivity contribution in [1.29, 1.82) is 0 Å². The molecule has 3 heterocycles. The van der Waals surface area contributed by atoms with Crippen molar-refractivity contribution in [2.45, 2.75) is 65.3 Å². The minimum atomic E-state index is -4.91. The highest BCUT2D eigenvalue weighted by molar-refractivity contribution is 7.92. The van der Waals surface area contributed by atoms with E-state index in [0.29, 0.717) is 19.4 Å². The summed E-state index contributed by atoms with van der Waals surface area (Å²) in [6, 6.07) is 20.4. The molecule has 0 radical (unpaired) electrons. The molecule has 3 saturated heterocycles. The molecule has 3 fully saturated rings. The molecule has 39 heavy (non-hydrogen) atoms. The Morgan fingerprint density at radius 1 is 0.974 bits per heavy atom. The van der Waals surface area contributed by atoms with Gasteiger partial charge in [0.2, 0.25) is 0 Å². The number of ether oxygens (including phenoxy) is 2. The molecule has 1 spiro atoms. The third-order valence-corrected chi connectivity index (χ3v) is 10.7. The number of alkyl halides is 3. The first-order chi connectivity index (χ1) is 18.5. The number of hydrogen-bond donors (Lipinski definition) is 2. The quantitative estimate of drug-likeness (QED) is 0.434. The predicted octanol–water partition coefficient (Wildman–Crippen LogP) is 5.43. The largest absolute Gasteiger partial charge is 0.573 e. The van der Waals surface area contributed by atoms with Gasteiger partial charge in [0.1, 0.15) is 11.5 Å². The van der Waals surface area contributed by atoms with Crippen LogP contribution < -0.4 is 10.1 Å². The maximum absolute atomic E-state index is 14.2. The minimum absolute atomic E-state index is 0.172. The molecule has 1 unspecified atom stereocenters. The van der Waals surface area contributed by atoms with E-state index >= 15 is 0 Å². The highest BCUT2D eigenvalue weighted by atomic mass is 32.2. The van der Waals surface area contributed by atoms with Crippen molar-refractivity contribution < 1.29 is 36.2 Å². The van der Waals surface area contributed by atoms with Gasteiger partial charge in [0.15, 0.2) is 9.84 Å². The molecule has 0 amide bonds. The van der Waals surface area contributed by atoms with Crippen molar-refractivity contribution in [1.82, 2.24) is 5.32 Å². The summed E-state index contributed by atoms with van der Waals surface area (Å²) in [5.41, 5.74) is -0.571. The van der Waals surface area contributed by atoms with E-state index < -0.39 is 50.3 Å². The summed E-state index contributed by atoms with van der Waals surface area (Å²) in [6.45, 7) is 0.479. The number of rotatable bonds is 5. The van der Waals surface area contributed by atoms with E-state index in [1.165, 1.54) is 0 Å². The van der Waals surface area contributed by atoms with E-state index in [-0.39, 0.29) is 22.6 Å². The van der Waals surface area contributed by atoms with Crippen LogP contribution in [0.15, 0.2) is 83.8 Å². The monoisotopic (exact) mass is 559 g/mol. The van der Waals surface area contributed by atoms with Crippen LogP contribution in [0.3, 0.4) is 0 Å². The predicted molar refractivity (Wildman–Crippen MR) is 137 cm³/mol. The zero-order chi connectivity index (χ0) is 27.5. The molecule has 3 aliphatic heterocycles. The standard InChI is InChI=1S/C29H28F3NO5S/c30-29(31,32)38-20-12-13-24(34)22(16-20)23-17-27(14-7-15-37-27)28(19-8-3-1-4-9-19)18-25(26(23)33-28)39(35,36)21-10-5-2-6-11-21/h1-6,8-13,16,23,25-26,33-34H,7,14-15,17-18H2/t23?,25-,26+,27-,28-/m1/s1. The molecule has 0 saturated carbocycles. The molecule has 0 aromatic heterocycles. The number of sulfone groups is 1. The van der Waals surface area contributed by atoms with E-state index in [2.05, 4.69) is 10.1 Å². The van der Waals surface area contributed by atoms with Crippen molar-refractivity contribution in [3.8, 4) is 11.5 Å². The van der Waals surface area contributed by atoms with Crippen LogP contribution in [0.1, 0.15) is 42.7 Å². The maximum Gasteiger partial charge on any atom is 0.573 e. The number of benzene rings is 3. The summed E-state index contributed by atoms with van der Waals surface area (Å²) in [4.78, 5) is 0.172. The third-order valence-electron chi connectivity index (χ3n) is 8.55. The number of nitrogens with one attached hydrogen (secondary N) is 1. The Balaban J connectivity index is 1.53. The highest BCUT2D eigenvalue weighted by Crippen LogP contribution is 2.60. The molecule has 5 atom stereocenters. The Labute approximate surface area is 224 Å².